The van der Waals surface area contributed by atoms with E-state index >= 15 is 0 Å². The number of carbonyl (C=O) groups is 1. The van der Waals surface area contributed by atoms with E-state index in [1.807, 2.05) is 6.08 Å². The Morgan fingerprint density at radius 2 is 1.89 bits per heavy atom. The zero-order valence-electron chi connectivity index (χ0n) is 11.0. The van der Waals surface area contributed by atoms with Gasteiger partial charge in [0, 0.05) is 6.42 Å². The molecule has 0 radical (unpaired) electrons. The Labute approximate surface area is 110 Å². The van der Waals surface area contributed by atoms with Crippen LogP contribution >= 0.6 is 0 Å². The summed E-state index contributed by atoms with van der Waals surface area (Å²) in [6.45, 7) is 2.16. The molecular weight excluding hydrogens is 250 g/mol. The van der Waals surface area contributed by atoms with Gasteiger partial charge in [-0.3, -0.25) is 9.52 Å². The lowest BCUT2D eigenvalue weighted by Crippen LogP contribution is -2.32. The summed E-state index contributed by atoms with van der Waals surface area (Å²) >= 11 is 0. The van der Waals surface area contributed by atoms with Crippen LogP contribution in [0.25, 0.3) is 0 Å². The molecule has 1 amide bonds. The summed E-state index contributed by atoms with van der Waals surface area (Å²) in [7, 11) is -3.36. The molecule has 1 rings (SSSR count). The highest BCUT2D eigenvalue weighted by Gasteiger charge is 2.36. The molecule has 1 fully saturated rings. The lowest BCUT2D eigenvalue weighted by molar-refractivity contribution is -0.119. The van der Waals surface area contributed by atoms with Crippen molar-refractivity contribution in [1.82, 2.24) is 4.72 Å². The molecule has 0 aromatic carbocycles. The van der Waals surface area contributed by atoms with E-state index in [0.29, 0.717) is 19.3 Å². The molecule has 1 aliphatic carbocycles. The van der Waals surface area contributed by atoms with Crippen molar-refractivity contribution in [3.05, 3.63) is 12.2 Å². The van der Waals surface area contributed by atoms with Gasteiger partial charge in [0.15, 0.2) is 0 Å². The molecule has 0 spiro atoms. The molecule has 1 N–H and O–H groups in total. The summed E-state index contributed by atoms with van der Waals surface area (Å²) in [6.07, 6.45) is 10.9. The van der Waals surface area contributed by atoms with Crippen LogP contribution in [0, 0.1) is 0 Å². The van der Waals surface area contributed by atoms with Crippen molar-refractivity contribution < 1.29 is 13.2 Å². The summed E-state index contributed by atoms with van der Waals surface area (Å²) in [4.78, 5) is 11.4. The van der Waals surface area contributed by atoms with Gasteiger partial charge in [-0.1, -0.05) is 31.9 Å². The first-order valence-corrected chi connectivity index (χ1v) is 8.30. The van der Waals surface area contributed by atoms with E-state index in [1.165, 1.54) is 19.3 Å². The average molecular weight is 273 g/mol. The molecule has 0 aromatic heterocycles. The van der Waals surface area contributed by atoms with Gasteiger partial charge in [0.2, 0.25) is 15.9 Å². The maximum Gasteiger partial charge on any atom is 0.237 e. The van der Waals surface area contributed by atoms with E-state index in [9.17, 15) is 13.2 Å². The fourth-order valence-electron chi connectivity index (χ4n) is 1.63. The third kappa shape index (κ3) is 6.19. The second-order valence-electron chi connectivity index (χ2n) is 4.78. The molecular formula is C13H23NO3S. The van der Waals surface area contributed by atoms with Crippen molar-refractivity contribution in [1.29, 1.82) is 0 Å². The topological polar surface area (TPSA) is 63.2 Å². The normalized spacial score (nSPS) is 16.1. The van der Waals surface area contributed by atoms with Gasteiger partial charge in [0.05, 0.1) is 5.25 Å². The quantitative estimate of drug-likeness (QED) is 0.518. The van der Waals surface area contributed by atoms with E-state index in [1.54, 1.807) is 0 Å². The zero-order chi connectivity index (χ0) is 13.4. The Hall–Kier alpha value is -0.840. The highest BCUT2D eigenvalue weighted by molar-refractivity contribution is 7.90. The number of unbranched alkanes of at least 4 members (excludes halogenated alkanes) is 3. The minimum absolute atomic E-state index is 0.246. The molecule has 1 aliphatic rings. The van der Waals surface area contributed by atoms with Crippen molar-refractivity contribution >= 4 is 15.9 Å². The van der Waals surface area contributed by atoms with Crippen LogP contribution in [0.1, 0.15) is 58.3 Å². The van der Waals surface area contributed by atoms with Crippen molar-refractivity contribution in [2.75, 3.05) is 0 Å². The Morgan fingerprint density at radius 1 is 1.22 bits per heavy atom. The molecule has 1 saturated carbocycles. The average Bonchev–Trinajstić information content (AvgIpc) is 3.11. The molecule has 0 aromatic rings. The maximum absolute atomic E-state index is 11.5. The summed E-state index contributed by atoms with van der Waals surface area (Å²) in [5, 5.41) is -0.328. The van der Waals surface area contributed by atoms with Gasteiger partial charge in [0.1, 0.15) is 0 Å². The lowest BCUT2D eigenvalue weighted by Gasteiger charge is -2.03. The van der Waals surface area contributed by atoms with Crippen LogP contribution in [-0.2, 0) is 14.8 Å². The molecule has 5 heteroatoms. The van der Waals surface area contributed by atoms with E-state index in [2.05, 4.69) is 17.7 Å². The maximum atomic E-state index is 11.5. The van der Waals surface area contributed by atoms with E-state index < -0.39 is 10.0 Å². The summed E-state index contributed by atoms with van der Waals surface area (Å²) < 4.78 is 25.0. The largest absolute Gasteiger partial charge is 0.274 e. The minimum Gasteiger partial charge on any atom is -0.274 e. The Balaban J connectivity index is 2.10. The number of nitrogens with one attached hydrogen (secondary N) is 1. The smallest absolute Gasteiger partial charge is 0.237 e. The van der Waals surface area contributed by atoms with Gasteiger partial charge >= 0.3 is 0 Å². The predicted octanol–water partition coefficient (Wildman–Crippen LogP) is 2.51. The number of hydrogen-bond acceptors (Lipinski definition) is 3. The van der Waals surface area contributed by atoms with Crippen LogP contribution in [0.15, 0.2) is 12.2 Å². The third-order valence-corrected chi connectivity index (χ3v) is 4.76. The van der Waals surface area contributed by atoms with Crippen molar-refractivity contribution in [2.45, 2.75) is 63.5 Å². The first kappa shape index (κ1) is 15.2. The van der Waals surface area contributed by atoms with Crippen LogP contribution < -0.4 is 4.72 Å². The van der Waals surface area contributed by atoms with Gasteiger partial charge in [-0.2, -0.15) is 0 Å². The number of amides is 1. The molecule has 0 atom stereocenters. The molecule has 0 aliphatic heterocycles. The zero-order valence-corrected chi connectivity index (χ0v) is 11.8. The van der Waals surface area contributed by atoms with Gasteiger partial charge < -0.3 is 0 Å². The van der Waals surface area contributed by atoms with Gasteiger partial charge in [-0.25, -0.2) is 8.42 Å². The molecule has 0 heterocycles. The van der Waals surface area contributed by atoms with Crippen LogP contribution in [-0.4, -0.2) is 19.6 Å². The standard InChI is InChI=1S/C13H23NO3S/c1-2-3-4-5-6-7-8-9-13(15)14-18(16,17)12-10-11-12/h6-7,12H,2-5,8-11H2,1H3,(H,14,15)/b7-6-. The Bertz CT molecular complexity index is 383. The first-order valence-electron chi connectivity index (χ1n) is 6.75. The number of carbonyl (C=O) groups excluding carboxylic acids is 1. The van der Waals surface area contributed by atoms with E-state index in [-0.39, 0.29) is 17.6 Å². The molecule has 0 bridgehead atoms. The van der Waals surface area contributed by atoms with Gasteiger partial charge in [-0.15, -0.1) is 0 Å². The van der Waals surface area contributed by atoms with Crippen LogP contribution in [0.5, 0.6) is 0 Å². The fraction of sp³-hybridized carbons (Fsp3) is 0.769. The lowest BCUT2D eigenvalue weighted by atomic mass is 10.2. The highest BCUT2D eigenvalue weighted by Crippen LogP contribution is 2.27. The summed E-state index contributed by atoms with van der Waals surface area (Å²) in [6, 6.07) is 0. The second kappa shape index (κ2) is 7.56. The Morgan fingerprint density at radius 3 is 2.50 bits per heavy atom. The van der Waals surface area contributed by atoms with Crippen LogP contribution in [0.2, 0.25) is 0 Å². The molecule has 0 saturated heterocycles. The Kier molecular flexibility index (Phi) is 6.39. The number of allylic oxidation sites excluding steroid dienone is 2. The number of hydrogen-bond donors (Lipinski definition) is 1. The predicted molar refractivity (Wildman–Crippen MR) is 72.6 cm³/mol. The second-order valence-corrected chi connectivity index (χ2v) is 6.74. The third-order valence-electron chi connectivity index (χ3n) is 2.90. The van der Waals surface area contributed by atoms with Crippen molar-refractivity contribution in [3.8, 4) is 0 Å². The first-order chi connectivity index (χ1) is 8.56. The van der Waals surface area contributed by atoms with Crippen LogP contribution in [0.3, 0.4) is 0 Å². The molecule has 4 nitrogen and oxygen atoms in total. The highest BCUT2D eigenvalue weighted by atomic mass is 32.2. The van der Waals surface area contributed by atoms with Gasteiger partial charge in [0.25, 0.3) is 0 Å². The molecule has 18 heavy (non-hydrogen) atoms. The van der Waals surface area contributed by atoms with Gasteiger partial charge in [-0.05, 0) is 32.1 Å². The monoisotopic (exact) mass is 273 g/mol. The SMILES string of the molecule is CCCCC/C=C\CCC(=O)NS(=O)(=O)C1CC1. The number of sulfonamides is 1. The minimum atomic E-state index is -3.36. The van der Waals surface area contributed by atoms with Crippen molar-refractivity contribution in [2.24, 2.45) is 0 Å². The molecule has 104 valence electrons. The van der Waals surface area contributed by atoms with Crippen molar-refractivity contribution in [3.63, 3.8) is 0 Å². The van der Waals surface area contributed by atoms with Crippen LogP contribution in [0.4, 0.5) is 0 Å². The number of rotatable bonds is 9. The van der Waals surface area contributed by atoms with E-state index in [4.69, 9.17) is 0 Å². The fourth-order valence-corrected chi connectivity index (χ4v) is 2.98. The molecule has 0 unspecified atom stereocenters. The summed E-state index contributed by atoms with van der Waals surface area (Å²) in [5.74, 6) is -0.389. The summed E-state index contributed by atoms with van der Waals surface area (Å²) in [5.41, 5.74) is 0. The van der Waals surface area contributed by atoms with E-state index in [0.717, 1.165) is 6.42 Å².